The van der Waals surface area contributed by atoms with Crippen LogP contribution >= 0.6 is 0 Å². The van der Waals surface area contributed by atoms with Gasteiger partial charge in [0.1, 0.15) is 0 Å². The second-order valence-electron chi connectivity index (χ2n) is 3.81. The Morgan fingerprint density at radius 1 is 1.22 bits per heavy atom. The number of carbonyl (C=O) groups is 1. The molecule has 0 saturated heterocycles. The minimum atomic E-state index is -3.23. The van der Waals surface area contributed by atoms with E-state index in [9.17, 15) is 13.2 Å². The molecule has 1 aromatic rings. The maximum absolute atomic E-state index is 11.9. The van der Waals surface area contributed by atoms with Gasteiger partial charge in [-0.3, -0.25) is 4.79 Å². The third kappa shape index (κ3) is 4.03. The van der Waals surface area contributed by atoms with Crippen molar-refractivity contribution in [3.8, 4) is 0 Å². The average Bonchev–Trinajstić information content (AvgIpc) is 2.35. The summed E-state index contributed by atoms with van der Waals surface area (Å²) in [5.74, 6) is -0.0385. The van der Waals surface area contributed by atoms with Crippen LogP contribution in [-0.2, 0) is 14.6 Å². The fourth-order valence-electron chi connectivity index (χ4n) is 1.48. The second-order valence-corrected chi connectivity index (χ2v) is 6.06. The predicted octanol–water partition coefficient (Wildman–Crippen LogP) is 1.03. The molecule has 18 heavy (non-hydrogen) atoms. The van der Waals surface area contributed by atoms with Gasteiger partial charge in [0.15, 0.2) is 9.84 Å². The Balaban J connectivity index is 2.75. The van der Waals surface area contributed by atoms with Gasteiger partial charge in [-0.25, -0.2) is 8.42 Å². The van der Waals surface area contributed by atoms with E-state index in [4.69, 9.17) is 0 Å². The van der Waals surface area contributed by atoms with Gasteiger partial charge < -0.3 is 10.6 Å². The molecule has 0 spiro atoms. The summed E-state index contributed by atoms with van der Waals surface area (Å²) in [5, 5.41) is 5.65. The quantitative estimate of drug-likeness (QED) is 0.757. The van der Waals surface area contributed by atoms with Crippen LogP contribution in [0.3, 0.4) is 0 Å². The monoisotopic (exact) mass is 270 g/mol. The summed E-state index contributed by atoms with van der Waals surface area (Å²) < 4.78 is 23.7. The van der Waals surface area contributed by atoms with E-state index in [2.05, 4.69) is 10.6 Å². The molecular formula is C12H18N2O3S. The third-order valence-electron chi connectivity index (χ3n) is 2.42. The van der Waals surface area contributed by atoms with E-state index in [1.54, 1.807) is 31.2 Å². The minimum Gasteiger partial charge on any atom is -0.382 e. The van der Waals surface area contributed by atoms with Gasteiger partial charge in [-0.2, -0.15) is 0 Å². The van der Waals surface area contributed by atoms with Gasteiger partial charge in [-0.1, -0.05) is 19.1 Å². The van der Waals surface area contributed by atoms with E-state index in [-0.39, 0.29) is 11.7 Å². The number of para-hydroxylation sites is 1. The Morgan fingerprint density at radius 2 is 1.89 bits per heavy atom. The molecular weight excluding hydrogens is 252 g/mol. The molecule has 0 unspecified atom stereocenters. The molecule has 100 valence electrons. The van der Waals surface area contributed by atoms with Crippen LogP contribution in [0.15, 0.2) is 29.2 Å². The van der Waals surface area contributed by atoms with Crippen LogP contribution < -0.4 is 10.6 Å². The number of hydrogen-bond acceptors (Lipinski definition) is 4. The van der Waals surface area contributed by atoms with Gasteiger partial charge in [0.05, 0.1) is 16.3 Å². The summed E-state index contributed by atoms with van der Waals surface area (Å²) in [4.78, 5) is 11.0. The highest BCUT2D eigenvalue weighted by atomic mass is 32.2. The Bertz CT molecular complexity index is 512. The SMILES string of the molecule is CCS(=O)(=O)c1ccccc1NCCNC(C)=O. The molecule has 1 rings (SSSR count). The highest BCUT2D eigenvalue weighted by molar-refractivity contribution is 7.91. The first-order chi connectivity index (χ1) is 8.47. The first-order valence-corrected chi connectivity index (χ1v) is 7.42. The molecule has 0 aromatic heterocycles. The van der Waals surface area contributed by atoms with E-state index < -0.39 is 9.84 Å². The number of carbonyl (C=O) groups excluding carboxylic acids is 1. The molecule has 0 aliphatic heterocycles. The van der Waals surface area contributed by atoms with E-state index in [0.29, 0.717) is 23.7 Å². The number of anilines is 1. The summed E-state index contributed by atoms with van der Waals surface area (Å²) in [6.07, 6.45) is 0. The molecule has 1 aromatic carbocycles. The topological polar surface area (TPSA) is 75.3 Å². The van der Waals surface area contributed by atoms with Crippen molar-refractivity contribution in [2.75, 3.05) is 24.2 Å². The van der Waals surface area contributed by atoms with E-state index in [1.165, 1.54) is 6.92 Å². The summed E-state index contributed by atoms with van der Waals surface area (Å²) in [6.45, 7) is 3.99. The Morgan fingerprint density at radius 3 is 2.50 bits per heavy atom. The molecule has 0 radical (unpaired) electrons. The number of amides is 1. The van der Waals surface area contributed by atoms with Crippen molar-refractivity contribution in [2.24, 2.45) is 0 Å². The first kappa shape index (κ1) is 14.5. The molecule has 0 atom stereocenters. The summed E-state index contributed by atoms with van der Waals surface area (Å²) >= 11 is 0. The summed E-state index contributed by atoms with van der Waals surface area (Å²) in [5.41, 5.74) is 0.574. The van der Waals surface area contributed by atoms with Gasteiger partial charge in [0, 0.05) is 20.0 Å². The standard InChI is InChI=1S/C12H18N2O3S/c1-3-18(16,17)12-7-5-4-6-11(12)14-9-8-13-10(2)15/h4-7,14H,3,8-9H2,1-2H3,(H,13,15). The van der Waals surface area contributed by atoms with Crippen LogP contribution in [0.25, 0.3) is 0 Å². The zero-order chi connectivity index (χ0) is 13.6. The smallest absolute Gasteiger partial charge is 0.216 e. The van der Waals surface area contributed by atoms with Crippen LogP contribution in [0, 0.1) is 0 Å². The second kappa shape index (κ2) is 6.39. The highest BCUT2D eigenvalue weighted by Crippen LogP contribution is 2.21. The Labute approximate surface area is 108 Å². The number of benzene rings is 1. The van der Waals surface area contributed by atoms with E-state index >= 15 is 0 Å². The molecule has 5 nitrogen and oxygen atoms in total. The summed E-state index contributed by atoms with van der Waals surface area (Å²) in [7, 11) is -3.23. The van der Waals surface area contributed by atoms with Crippen molar-refractivity contribution in [2.45, 2.75) is 18.7 Å². The van der Waals surface area contributed by atoms with Crippen LogP contribution in [0.5, 0.6) is 0 Å². The van der Waals surface area contributed by atoms with Crippen LogP contribution in [-0.4, -0.2) is 33.2 Å². The van der Waals surface area contributed by atoms with Crippen molar-refractivity contribution in [1.29, 1.82) is 0 Å². The molecule has 0 bridgehead atoms. The number of sulfone groups is 1. The molecule has 6 heteroatoms. The largest absolute Gasteiger partial charge is 0.382 e. The van der Waals surface area contributed by atoms with Gasteiger partial charge >= 0.3 is 0 Å². The van der Waals surface area contributed by atoms with Crippen molar-refractivity contribution in [3.05, 3.63) is 24.3 Å². The fraction of sp³-hybridized carbons (Fsp3) is 0.417. The maximum atomic E-state index is 11.9. The third-order valence-corrected chi connectivity index (χ3v) is 4.20. The zero-order valence-electron chi connectivity index (χ0n) is 10.6. The van der Waals surface area contributed by atoms with Gasteiger partial charge in [0.2, 0.25) is 5.91 Å². The summed E-state index contributed by atoms with van der Waals surface area (Å²) in [6, 6.07) is 6.77. The Kier molecular flexibility index (Phi) is 5.15. The van der Waals surface area contributed by atoms with Crippen LogP contribution in [0.4, 0.5) is 5.69 Å². The van der Waals surface area contributed by atoms with Crippen molar-refractivity contribution >= 4 is 21.4 Å². The van der Waals surface area contributed by atoms with Gasteiger partial charge in [-0.05, 0) is 12.1 Å². The van der Waals surface area contributed by atoms with Gasteiger partial charge in [-0.15, -0.1) is 0 Å². The number of nitrogens with one attached hydrogen (secondary N) is 2. The lowest BCUT2D eigenvalue weighted by Crippen LogP contribution is -2.26. The molecule has 0 aliphatic rings. The predicted molar refractivity (Wildman–Crippen MR) is 71.3 cm³/mol. The maximum Gasteiger partial charge on any atom is 0.216 e. The van der Waals surface area contributed by atoms with Crippen LogP contribution in [0.1, 0.15) is 13.8 Å². The first-order valence-electron chi connectivity index (χ1n) is 5.77. The lowest BCUT2D eigenvalue weighted by atomic mass is 10.3. The van der Waals surface area contributed by atoms with Crippen LogP contribution in [0.2, 0.25) is 0 Å². The normalized spacial score (nSPS) is 11.0. The Hall–Kier alpha value is -1.56. The average molecular weight is 270 g/mol. The number of rotatable bonds is 6. The molecule has 0 aliphatic carbocycles. The van der Waals surface area contributed by atoms with E-state index in [1.807, 2.05) is 0 Å². The molecule has 1 amide bonds. The lowest BCUT2D eigenvalue weighted by molar-refractivity contribution is -0.118. The van der Waals surface area contributed by atoms with E-state index in [0.717, 1.165) is 0 Å². The minimum absolute atomic E-state index is 0.0669. The molecule has 2 N–H and O–H groups in total. The fourth-order valence-corrected chi connectivity index (χ4v) is 2.55. The lowest BCUT2D eigenvalue weighted by Gasteiger charge is -2.11. The molecule has 0 heterocycles. The van der Waals surface area contributed by atoms with Crippen molar-refractivity contribution in [3.63, 3.8) is 0 Å². The van der Waals surface area contributed by atoms with Gasteiger partial charge in [0.25, 0.3) is 0 Å². The van der Waals surface area contributed by atoms with Crippen molar-refractivity contribution < 1.29 is 13.2 Å². The highest BCUT2D eigenvalue weighted by Gasteiger charge is 2.15. The number of hydrogen-bond donors (Lipinski definition) is 2. The zero-order valence-corrected chi connectivity index (χ0v) is 11.4. The van der Waals surface area contributed by atoms with Crippen molar-refractivity contribution in [1.82, 2.24) is 5.32 Å². The molecule has 0 fully saturated rings. The molecule has 0 saturated carbocycles.